The van der Waals surface area contributed by atoms with Gasteiger partial charge in [-0.1, -0.05) is 49.2 Å². The minimum Gasteiger partial charge on any atom is -0.465 e. The molecule has 0 atom stereocenters. The summed E-state index contributed by atoms with van der Waals surface area (Å²) in [5.41, 5.74) is 1.68. The van der Waals surface area contributed by atoms with E-state index in [1.165, 1.54) is 48.3 Å². The number of hydrogen-bond acceptors (Lipinski definition) is 7. The van der Waals surface area contributed by atoms with Crippen LogP contribution in [0.2, 0.25) is 0 Å². The minimum atomic E-state index is -3.53. The van der Waals surface area contributed by atoms with E-state index in [4.69, 9.17) is 13.6 Å². The fourth-order valence-electron chi connectivity index (χ4n) is 4.22. The Kier molecular flexibility index (Phi) is 11.7. The highest BCUT2D eigenvalue weighted by atomic mass is 31.2. The summed E-state index contributed by atoms with van der Waals surface area (Å²) in [7, 11) is 0.403. The molecule has 0 fully saturated rings. The van der Waals surface area contributed by atoms with E-state index < -0.39 is 31.6 Å². The highest BCUT2D eigenvalue weighted by Crippen LogP contribution is 2.47. The van der Waals surface area contributed by atoms with Crippen molar-refractivity contribution in [1.29, 1.82) is 0 Å². The third kappa shape index (κ3) is 8.49. The minimum absolute atomic E-state index is 0.0173. The van der Waals surface area contributed by atoms with Gasteiger partial charge < -0.3 is 10.4 Å². The highest BCUT2D eigenvalue weighted by molar-refractivity contribution is 7.48. The van der Waals surface area contributed by atoms with E-state index in [0.717, 1.165) is 17.2 Å². The molecule has 14 heteroatoms. The van der Waals surface area contributed by atoms with Crippen molar-refractivity contribution in [2.75, 3.05) is 34.4 Å². The normalized spacial score (nSPS) is 12.9. The Morgan fingerprint density at radius 2 is 1.76 bits per heavy atom. The number of carbonyl (C=O) groups excluding carboxylic acids is 1. The maximum Gasteiger partial charge on any atom is 0.474 e. The first-order chi connectivity index (χ1) is 19.6. The number of halogens is 2. The van der Waals surface area contributed by atoms with Gasteiger partial charge >= 0.3 is 19.9 Å². The highest BCUT2D eigenvalue weighted by Gasteiger charge is 2.31. The van der Waals surface area contributed by atoms with Crippen molar-refractivity contribution in [1.82, 2.24) is 20.2 Å². The van der Waals surface area contributed by atoms with Gasteiger partial charge in [0, 0.05) is 39.9 Å². The molecule has 1 aliphatic heterocycles. The number of phosphoric ester groups is 1. The Hall–Kier alpha value is -3.51. The van der Waals surface area contributed by atoms with Crippen LogP contribution in [-0.4, -0.2) is 66.6 Å². The number of unbranched alkanes of at least 4 members (excludes halogenated alkanes) is 3. The summed E-state index contributed by atoms with van der Waals surface area (Å²) >= 11 is 0. The quantitative estimate of drug-likeness (QED) is 0.208. The predicted molar refractivity (Wildman–Crippen MR) is 147 cm³/mol. The Balaban J connectivity index is 1.67. The monoisotopic (exact) mass is 596 g/mol. The zero-order valence-electron chi connectivity index (χ0n) is 23.2. The molecule has 3 amide bonds. The smallest absolute Gasteiger partial charge is 0.465 e. The molecule has 224 valence electrons. The number of carboxylic acid groups (broad SMARTS) is 1. The van der Waals surface area contributed by atoms with Crippen molar-refractivity contribution >= 4 is 26.0 Å². The molecular weight excluding hydrogens is 561 g/mol. The van der Waals surface area contributed by atoms with Crippen molar-refractivity contribution in [3.63, 3.8) is 0 Å². The summed E-state index contributed by atoms with van der Waals surface area (Å²) in [6, 6.07) is 10.5. The number of hydrazine groups is 1. The van der Waals surface area contributed by atoms with Crippen LogP contribution in [-0.2, 0) is 31.2 Å². The maximum absolute atomic E-state index is 14.1. The zero-order valence-corrected chi connectivity index (χ0v) is 24.1. The summed E-state index contributed by atoms with van der Waals surface area (Å²) in [5, 5.41) is 15.4. The van der Waals surface area contributed by atoms with Gasteiger partial charge in [-0.2, -0.15) is 0 Å². The number of benzene rings is 2. The lowest BCUT2D eigenvalue weighted by Crippen LogP contribution is -2.52. The number of phosphoric acid groups is 1. The van der Waals surface area contributed by atoms with Gasteiger partial charge in [-0.25, -0.2) is 27.9 Å². The fraction of sp³-hybridized carbons (Fsp3) is 0.407. The van der Waals surface area contributed by atoms with Gasteiger partial charge in [0.05, 0.1) is 13.2 Å². The molecule has 0 saturated carbocycles. The largest absolute Gasteiger partial charge is 0.474 e. The molecule has 1 aliphatic rings. The first-order valence-electron chi connectivity index (χ1n) is 13.0. The van der Waals surface area contributed by atoms with E-state index in [0.29, 0.717) is 25.7 Å². The van der Waals surface area contributed by atoms with E-state index in [2.05, 4.69) is 5.32 Å². The molecule has 2 aromatic carbocycles. The third-order valence-electron chi connectivity index (χ3n) is 6.52. The number of hydrogen-bond donors (Lipinski definition) is 2. The van der Waals surface area contributed by atoms with E-state index in [1.54, 1.807) is 6.08 Å². The maximum atomic E-state index is 14.1. The zero-order chi connectivity index (χ0) is 30.0. The summed E-state index contributed by atoms with van der Waals surface area (Å²) in [5.74, 6) is -1.79. The molecule has 41 heavy (non-hydrogen) atoms. The van der Waals surface area contributed by atoms with Crippen molar-refractivity contribution in [2.24, 2.45) is 0 Å². The number of fused-ring (bicyclic) bond motifs is 1. The van der Waals surface area contributed by atoms with Gasteiger partial charge in [-0.05, 0) is 36.1 Å². The van der Waals surface area contributed by atoms with Crippen LogP contribution >= 0.6 is 7.82 Å². The summed E-state index contributed by atoms with van der Waals surface area (Å²) < 4.78 is 54.2. The van der Waals surface area contributed by atoms with Gasteiger partial charge in [0.2, 0.25) is 0 Å². The van der Waals surface area contributed by atoms with Crippen molar-refractivity contribution in [2.45, 2.75) is 38.8 Å². The summed E-state index contributed by atoms with van der Waals surface area (Å²) in [6.07, 6.45) is 2.94. The molecular formula is C27H35F2N4O7P. The lowest BCUT2D eigenvalue weighted by atomic mass is 10.0. The number of urea groups is 1. The van der Waals surface area contributed by atoms with Gasteiger partial charge in [0.25, 0.3) is 0 Å². The Morgan fingerprint density at radius 3 is 2.46 bits per heavy atom. The van der Waals surface area contributed by atoms with Gasteiger partial charge in [-0.15, -0.1) is 0 Å². The second kappa shape index (κ2) is 14.9. The van der Waals surface area contributed by atoms with Gasteiger partial charge in [-0.3, -0.25) is 23.5 Å². The number of nitrogens with zero attached hydrogens (tertiary/aromatic N) is 3. The van der Waals surface area contributed by atoms with Crippen molar-refractivity contribution < 1.29 is 41.6 Å². The number of amides is 3. The van der Waals surface area contributed by atoms with Crippen molar-refractivity contribution in [3.05, 3.63) is 76.6 Å². The van der Waals surface area contributed by atoms with Crippen LogP contribution in [0, 0.1) is 11.6 Å². The van der Waals surface area contributed by atoms with E-state index in [9.17, 15) is 28.0 Å². The topological polar surface area (TPSA) is 121 Å². The Bertz CT molecular complexity index is 1290. The standard InChI is InChI=1S/C27H35F2N4O7P/c1-31(26(34)30-18-21-13-10-14-23(28)25(21)29)33-19-22-12-7-6-11-20(22)17-24(33)32(27(35)36)15-8-4-5-9-16-40-41(37,38-2)39-3/h6-7,10-14,17H,4-5,8-9,15-16,18-19H2,1-3H3,(H,30,34)(H,35,36). The Morgan fingerprint density at radius 1 is 1.05 bits per heavy atom. The Labute approximate surface area is 237 Å². The second-order valence-corrected chi connectivity index (χ2v) is 11.0. The average molecular weight is 597 g/mol. The van der Waals surface area contributed by atoms with Crippen LogP contribution < -0.4 is 5.32 Å². The first-order valence-corrected chi connectivity index (χ1v) is 14.4. The molecule has 0 unspecified atom stereocenters. The molecule has 0 radical (unpaired) electrons. The molecule has 0 aliphatic carbocycles. The van der Waals surface area contributed by atoms with E-state index in [-0.39, 0.29) is 37.6 Å². The first kappa shape index (κ1) is 32.0. The summed E-state index contributed by atoms with van der Waals surface area (Å²) in [6.45, 7) is 0.267. The average Bonchev–Trinajstić information content (AvgIpc) is 2.97. The van der Waals surface area contributed by atoms with Crippen LogP contribution in [0.1, 0.15) is 42.4 Å². The molecule has 2 N–H and O–H groups in total. The molecule has 1 heterocycles. The molecule has 0 aromatic heterocycles. The van der Waals surface area contributed by atoms with E-state index >= 15 is 0 Å². The number of rotatable bonds is 14. The molecule has 11 nitrogen and oxygen atoms in total. The van der Waals surface area contributed by atoms with Gasteiger partial charge in [0.15, 0.2) is 11.6 Å². The van der Waals surface area contributed by atoms with Crippen LogP contribution in [0.3, 0.4) is 0 Å². The fourth-order valence-corrected chi connectivity index (χ4v) is 4.93. The molecule has 0 saturated heterocycles. The molecule has 2 aromatic rings. The molecule has 0 spiro atoms. The second-order valence-electron chi connectivity index (χ2n) is 9.15. The van der Waals surface area contributed by atoms with Gasteiger partial charge in [0.1, 0.15) is 5.82 Å². The van der Waals surface area contributed by atoms with Crippen LogP contribution in [0.25, 0.3) is 6.08 Å². The lowest BCUT2D eigenvalue weighted by Gasteiger charge is -2.41. The number of carbonyl (C=O) groups is 2. The van der Waals surface area contributed by atoms with Crippen LogP contribution in [0.15, 0.2) is 48.3 Å². The van der Waals surface area contributed by atoms with Crippen molar-refractivity contribution in [3.8, 4) is 0 Å². The predicted octanol–water partition coefficient (Wildman–Crippen LogP) is 5.79. The molecule has 0 bridgehead atoms. The number of nitrogens with one attached hydrogen (secondary N) is 1. The SMILES string of the molecule is COP(=O)(OC)OCCCCCCN(C(=O)O)C1=Cc2ccccc2CN1N(C)C(=O)NCc1cccc(F)c1F. The van der Waals surface area contributed by atoms with E-state index in [1.807, 2.05) is 24.3 Å². The lowest BCUT2D eigenvalue weighted by molar-refractivity contribution is 0.0282. The third-order valence-corrected chi connectivity index (χ3v) is 7.92. The van der Waals surface area contributed by atoms with Crippen LogP contribution in [0.4, 0.5) is 18.4 Å². The van der Waals surface area contributed by atoms with Crippen LogP contribution in [0.5, 0.6) is 0 Å². The summed E-state index contributed by atoms with van der Waals surface area (Å²) in [4.78, 5) is 26.6. The molecule has 3 rings (SSSR count).